The molecule has 2 atom stereocenters. The molecule has 0 aromatic carbocycles. The predicted octanol–water partition coefficient (Wildman–Crippen LogP) is 1.79. The summed E-state index contributed by atoms with van der Waals surface area (Å²) >= 11 is 1.54. The third-order valence-corrected chi connectivity index (χ3v) is 3.50. The molecule has 1 aliphatic rings. The van der Waals surface area contributed by atoms with Crippen LogP contribution in [0.4, 0.5) is 0 Å². The van der Waals surface area contributed by atoms with Gasteiger partial charge in [0, 0.05) is 12.5 Å². The van der Waals surface area contributed by atoms with Gasteiger partial charge in [-0.25, -0.2) is 0 Å². The number of Topliss-reactive ketones (excluding diaryl/α,β-unsaturated/α-hetero) is 1. The van der Waals surface area contributed by atoms with Crippen molar-refractivity contribution in [3.8, 4) is 0 Å². The molecule has 1 aliphatic heterocycles. The number of rotatable bonds is 2. The Morgan fingerprint density at radius 1 is 1.62 bits per heavy atom. The number of nitrogens with one attached hydrogen (secondary N) is 1. The lowest BCUT2D eigenvalue weighted by Gasteiger charge is -2.10. The van der Waals surface area contributed by atoms with Crippen molar-refractivity contribution in [1.82, 2.24) is 5.32 Å². The molecule has 3 heteroatoms. The summed E-state index contributed by atoms with van der Waals surface area (Å²) in [5.41, 5.74) is 0. The molecular formula is C10H13NOS. The molecule has 1 N–H and O–H groups in total. The van der Waals surface area contributed by atoms with Crippen molar-refractivity contribution < 1.29 is 4.79 Å². The second-order valence-electron chi connectivity index (χ2n) is 3.58. The van der Waals surface area contributed by atoms with Crippen molar-refractivity contribution in [2.24, 2.45) is 11.8 Å². The van der Waals surface area contributed by atoms with Crippen molar-refractivity contribution in [2.75, 3.05) is 13.1 Å². The van der Waals surface area contributed by atoms with Crippen LogP contribution in [-0.2, 0) is 0 Å². The highest BCUT2D eigenvalue weighted by molar-refractivity contribution is 7.12. The van der Waals surface area contributed by atoms with E-state index in [1.807, 2.05) is 17.5 Å². The summed E-state index contributed by atoms with van der Waals surface area (Å²) in [7, 11) is 0. The van der Waals surface area contributed by atoms with Crippen molar-refractivity contribution in [3.63, 3.8) is 0 Å². The van der Waals surface area contributed by atoms with Crippen LogP contribution in [0.5, 0.6) is 0 Å². The van der Waals surface area contributed by atoms with Crippen LogP contribution >= 0.6 is 11.3 Å². The summed E-state index contributed by atoms with van der Waals surface area (Å²) in [6.45, 7) is 3.95. The fraction of sp³-hybridized carbons (Fsp3) is 0.500. The van der Waals surface area contributed by atoms with E-state index in [4.69, 9.17) is 0 Å². The normalized spacial score (nSPS) is 27.8. The minimum absolute atomic E-state index is 0.193. The van der Waals surface area contributed by atoms with Gasteiger partial charge in [0.15, 0.2) is 5.78 Å². The molecule has 13 heavy (non-hydrogen) atoms. The standard InChI is InChI=1S/C10H13NOS/c1-7-5-11-6-8(7)10(12)9-3-2-4-13-9/h2-4,7-8,11H,5-6H2,1H3. The first-order valence-electron chi connectivity index (χ1n) is 4.57. The lowest BCUT2D eigenvalue weighted by atomic mass is 9.93. The molecule has 2 nitrogen and oxygen atoms in total. The molecule has 70 valence electrons. The summed E-state index contributed by atoms with van der Waals surface area (Å²) in [5.74, 6) is 0.987. The average Bonchev–Trinajstić information content (AvgIpc) is 2.72. The third kappa shape index (κ3) is 1.67. The number of ketones is 1. The van der Waals surface area contributed by atoms with Crippen LogP contribution in [0.3, 0.4) is 0 Å². The maximum Gasteiger partial charge on any atom is 0.177 e. The average molecular weight is 195 g/mol. The van der Waals surface area contributed by atoms with Gasteiger partial charge in [0.05, 0.1) is 4.88 Å². The van der Waals surface area contributed by atoms with Crippen LogP contribution in [-0.4, -0.2) is 18.9 Å². The Bertz CT molecular complexity index is 294. The highest BCUT2D eigenvalue weighted by Crippen LogP contribution is 2.23. The quantitative estimate of drug-likeness (QED) is 0.729. The van der Waals surface area contributed by atoms with Gasteiger partial charge in [-0.05, 0) is 23.9 Å². The first-order valence-corrected chi connectivity index (χ1v) is 5.45. The summed E-state index contributed by atoms with van der Waals surface area (Å²) in [4.78, 5) is 12.8. The smallest absolute Gasteiger partial charge is 0.177 e. The van der Waals surface area contributed by atoms with Gasteiger partial charge in [-0.15, -0.1) is 11.3 Å². The van der Waals surface area contributed by atoms with Crippen LogP contribution < -0.4 is 5.32 Å². The van der Waals surface area contributed by atoms with Gasteiger partial charge in [-0.3, -0.25) is 4.79 Å². The number of hydrogen-bond acceptors (Lipinski definition) is 3. The fourth-order valence-corrected chi connectivity index (χ4v) is 2.49. The SMILES string of the molecule is CC1CNCC1C(=O)c1cccs1. The lowest BCUT2D eigenvalue weighted by Crippen LogP contribution is -2.20. The summed E-state index contributed by atoms with van der Waals surface area (Å²) in [6.07, 6.45) is 0. The van der Waals surface area contributed by atoms with Gasteiger partial charge in [0.1, 0.15) is 0 Å². The predicted molar refractivity (Wildman–Crippen MR) is 54.2 cm³/mol. The molecule has 0 bridgehead atoms. The summed E-state index contributed by atoms with van der Waals surface area (Å²) in [5, 5.41) is 5.21. The largest absolute Gasteiger partial charge is 0.316 e. The molecule has 0 aliphatic carbocycles. The molecule has 0 amide bonds. The van der Waals surface area contributed by atoms with Crippen molar-refractivity contribution in [2.45, 2.75) is 6.92 Å². The number of thiophene rings is 1. The van der Waals surface area contributed by atoms with Crippen LogP contribution in [0.15, 0.2) is 17.5 Å². The van der Waals surface area contributed by atoms with Gasteiger partial charge in [-0.1, -0.05) is 13.0 Å². The van der Waals surface area contributed by atoms with E-state index in [0.717, 1.165) is 18.0 Å². The molecule has 1 fully saturated rings. The number of carbonyl (C=O) groups is 1. The molecule has 2 rings (SSSR count). The van der Waals surface area contributed by atoms with Gasteiger partial charge >= 0.3 is 0 Å². The monoisotopic (exact) mass is 195 g/mol. The number of carbonyl (C=O) groups excluding carboxylic acids is 1. The first-order chi connectivity index (χ1) is 6.29. The van der Waals surface area contributed by atoms with Crippen LogP contribution in [0.2, 0.25) is 0 Å². The minimum Gasteiger partial charge on any atom is -0.316 e. The van der Waals surface area contributed by atoms with Crippen molar-refractivity contribution >= 4 is 17.1 Å². The van der Waals surface area contributed by atoms with E-state index in [9.17, 15) is 4.79 Å². The minimum atomic E-state index is 0.193. The third-order valence-electron chi connectivity index (χ3n) is 2.62. The molecule has 2 unspecified atom stereocenters. The van der Waals surface area contributed by atoms with Gasteiger partial charge in [0.2, 0.25) is 0 Å². The Kier molecular flexibility index (Phi) is 2.47. The Hall–Kier alpha value is -0.670. The second-order valence-corrected chi connectivity index (χ2v) is 4.53. The molecular weight excluding hydrogens is 182 g/mol. The second kappa shape index (κ2) is 3.60. The van der Waals surface area contributed by atoms with E-state index >= 15 is 0 Å². The highest BCUT2D eigenvalue weighted by atomic mass is 32.1. The molecule has 1 saturated heterocycles. The van der Waals surface area contributed by atoms with E-state index in [1.54, 1.807) is 11.3 Å². The van der Waals surface area contributed by atoms with Crippen LogP contribution in [0.25, 0.3) is 0 Å². The summed E-state index contributed by atoms with van der Waals surface area (Å²) < 4.78 is 0. The maximum atomic E-state index is 11.9. The van der Waals surface area contributed by atoms with Gasteiger partial charge in [0.25, 0.3) is 0 Å². The van der Waals surface area contributed by atoms with Gasteiger partial charge < -0.3 is 5.32 Å². The van der Waals surface area contributed by atoms with Gasteiger partial charge in [-0.2, -0.15) is 0 Å². The van der Waals surface area contributed by atoms with E-state index in [1.165, 1.54) is 0 Å². The Labute approximate surface area is 82.0 Å². The molecule has 0 spiro atoms. The summed E-state index contributed by atoms with van der Waals surface area (Å²) in [6, 6.07) is 3.85. The lowest BCUT2D eigenvalue weighted by molar-refractivity contribution is 0.0912. The van der Waals surface area contributed by atoms with E-state index in [0.29, 0.717) is 11.7 Å². The Morgan fingerprint density at radius 3 is 3.00 bits per heavy atom. The van der Waals surface area contributed by atoms with Crippen molar-refractivity contribution in [1.29, 1.82) is 0 Å². The molecule has 2 heterocycles. The Morgan fingerprint density at radius 2 is 2.46 bits per heavy atom. The Balaban J connectivity index is 2.13. The maximum absolute atomic E-state index is 11.9. The molecule has 1 aromatic rings. The fourth-order valence-electron chi connectivity index (χ4n) is 1.76. The zero-order valence-electron chi connectivity index (χ0n) is 7.62. The van der Waals surface area contributed by atoms with E-state index in [-0.39, 0.29) is 5.92 Å². The van der Waals surface area contributed by atoms with Crippen LogP contribution in [0.1, 0.15) is 16.6 Å². The highest BCUT2D eigenvalue weighted by Gasteiger charge is 2.30. The molecule has 0 radical (unpaired) electrons. The van der Waals surface area contributed by atoms with E-state index < -0.39 is 0 Å². The van der Waals surface area contributed by atoms with E-state index in [2.05, 4.69) is 12.2 Å². The first kappa shape index (κ1) is 8.91. The zero-order chi connectivity index (χ0) is 9.26. The van der Waals surface area contributed by atoms with Crippen molar-refractivity contribution in [3.05, 3.63) is 22.4 Å². The molecule has 0 saturated carbocycles. The molecule has 1 aromatic heterocycles. The van der Waals surface area contributed by atoms with Crippen LogP contribution in [0, 0.1) is 11.8 Å². The topological polar surface area (TPSA) is 29.1 Å². The zero-order valence-corrected chi connectivity index (χ0v) is 8.43. The number of hydrogen-bond donors (Lipinski definition) is 1.